The summed E-state index contributed by atoms with van der Waals surface area (Å²) >= 11 is 0. The van der Waals surface area contributed by atoms with E-state index in [1.807, 2.05) is 24.3 Å². The molecule has 0 heterocycles. The maximum absolute atomic E-state index is 5.88. The van der Waals surface area contributed by atoms with Gasteiger partial charge in [0, 0.05) is 18.4 Å². The van der Waals surface area contributed by atoms with Gasteiger partial charge in [0.2, 0.25) is 0 Å². The van der Waals surface area contributed by atoms with E-state index in [4.69, 9.17) is 10.5 Å². The van der Waals surface area contributed by atoms with Crippen LogP contribution < -0.4 is 15.4 Å². The van der Waals surface area contributed by atoms with Crippen LogP contribution in [0.5, 0.6) is 5.75 Å². The van der Waals surface area contributed by atoms with Crippen molar-refractivity contribution in [3.63, 3.8) is 0 Å². The quantitative estimate of drug-likeness (QED) is 0.855. The molecule has 0 amide bonds. The molecule has 0 atom stereocenters. The number of benzene rings is 2. The number of ether oxygens (including phenoxy) is 1. The van der Waals surface area contributed by atoms with Crippen molar-refractivity contribution in [2.45, 2.75) is 19.3 Å². The number of nitrogens with zero attached hydrogens (tertiary/aromatic N) is 1. The molecule has 3 heteroatoms. The number of hydrogen-bond donors (Lipinski definition) is 1. The molecule has 1 aliphatic carbocycles. The molecule has 2 aromatic carbocycles. The summed E-state index contributed by atoms with van der Waals surface area (Å²) in [4.78, 5) is 2.17. The van der Waals surface area contributed by atoms with Crippen LogP contribution in [-0.4, -0.2) is 20.2 Å². The fourth-order valence-corrected chi connectivity index (χ4v) is 2.80. The average molecular weight is 282 g/mol. The fourth-order valence-electron chi connectivity index (χ4n) is 2.80. The Kier molecular flexibility index (Phi) is 4.00. The summed E-state index contributed by atoms with van der Waals surface area (Å²) in [7, 11) is 2.07. The highest BCUT2D eigenvalue weighted by molar-refractivity contribution is 5.52. The van der Waals surface area contributed by atoms with Gasteiger partial charge < -0.3 is 15.4 Å². The monoisotopic (exact) mass is 282 g/mol. The lowest BCUT2D eigenvalue weighted by Gasteiger charge is -2.19. The van der Waals surface area contributed by atoms with Gasteiger partial charge >= 0.3 is 0 Å². The molecule has 0 radical (unpaired) electrons. The number of nitrogens with two attached hydrogens (primary N) is 1. The molecule has 0 unspecified atom stereocenters. The molecule has 21 heavy (non-hydrogen) atoms. The predicted molar refractivity (Wildman–Crippen MR) is 88.1 cm³/mol. The zero-order valence-electron chi connectivity index (χ0n) is 12.5. The Hall–Kier alpha value is -2.16. The molecule has 0 aromatic heterocycles. The van der Waals surface area contributed by atoms with Gasteiger partial charge in [-0.1, -0.05) is 6.07 Å². The van der Waals surface area contributed by atoms with Gasteiger partial charge in [-0.15, -0.1) is 0 Å². The van der Waals surface area contributed by atoms with E-state index in [0.717, 1.165) is 23.7 Å². The third kappa shape index (κ3) is 3.30. The highest BCUT2D eigenvalue weighted by Crippen LogP contribution is 2.26. The summed E-state index contributed by atoms with van der Waals surface area (Å²) in [5, 5.41) is 0. The number of aryl methyl sites for hydroxylation is 2. The van der Waals surface area contributed by atoms with Gasteiger partial charge in [-0.25, -0.2) is 0 Å². The molecule has 0 spiro atoms. The summed E-state index contributed by atoms with van der Waals surface area (Å²) in [6.45, 7) is 1.53. The summed E-state index contributed by atoms with van der Waals surface area (Å²) < 4.78 is 5.88. The molecule has 0 saturated heterocycles. The molecule has 2 aromatic rings. The molecule has 1 aliphatic rings. The van der Waals surface area contributed by atoms with Crippen molar-refractivity contribution in [2.75, 3.05) is 30.8 Å². The van der Waals surface area contributed by atoms with Crippen molar-refractivity contribution >= 4 is 11.4 Å². The Labute approximate surface area is 126 Å². The first kappa shape index (κ1) is 13.8. The second-order valence-electron chi connectivity index (χ2n) is 5.65. The van der Waals surface area contributed by atoms with Crippen LogP contribution >= 0.6 is 0 Å². The van der Waals surface area contributed by atoms with E-state index in [0.29, 0.717) is 6.61 Å². The van der Waals surface area contributed by atoms with E-state index >= 15 is 0 Å². The van der Waals surface area contributed by atoms with Crippen LogP contribution in [0, 0.1) is 0 Å². The van der Waals surface area contributed by atoms with E-state index < -0.39 is 0 Å². The highest BCUT2D eigenvalue weighted by Gasteiger charge is 2.11. The first-order valence-electron chi connectivity index (χ1n) is 7.54. The first-order chi connectivity index (χ1) is 10.2. The smallest absolute Gasteiger partial charge is 0.119 e. The van der Waals surface area contributed by atoms with Gasteiger partial charge in [0.25, 0.3) is 0 Å². The van der Waals surface area contributed by atoms with Crippen LogP contribution in [0.3, 0.4) is 0 Å². The van der Waals surface area contributed by atoms with E-state index in [-0.39, 0.29) is 0 Å². The lowest BCUT2D eigenvalue weighted by molar-refractivity contribution is 0.325. The zero-order valence-corrected chi connectivity index (χ0v) is 12.5. The Morgan fingerprint density at radius 2 is 1.81 bits per heavy atom. The standard InChI is InChI=1S/C18H22N2O/c1-20(17-8-6-16(19)7-9-17)11-12-21-18-10-5-14-3-2-4-15(14)13-18/h5-10,13H,2-4,11-12,19H2,1H3. The van der Waals surface area contributed by atoms with Gasteiger partial charge in [0.15, 0.2) is 0 Å². The van der Waals surface area contributed by atoms with Crippen molar-refractivity contribution in [1.82, 2.24) is 0 Å². The van der Waals surface area contributed by atoms with Gasteiger partial charge in [0.1, 0.15) is 12.4 Å². The topological polar surface area (TPSA) is 38.5 Å². The zero-order chi connectivity index (χ0) is 14.7. The molecule has 110 valence electrons. The summed E-state index contributed by atoms with van der Waals surface area (Å²) in [6.07, 6.45) is 3.69. The van der Waals surface area contributed by atoms with Gasteiger partial charge in [-0.3, -0.25) is 0 Å². The van der Waals surface area contributed by atoms with Crippen LogP contribution in [0.25, 0.3) is 0 Å². The normalized spacial score (nSPS) is 13.0. The SMILES string of the molecule is CN(CCOc1ccc2c(c1)CCC2)c1ccc(N)cc1. The number of hydrogen-bond acceptors (Lipinski definition) is 3. The second-order valence-corrected chi connectivity index (χ2v) is 5.65. The molecular formula is C18H22N2O. The maximum atomic E-state index is 5.88. The number of nitrogen functional groups attached to an aromatic ring is 1. The Morgan fingerprint density at radius 3 is 2.62 bits per heavy atom. The molecule has 0 fully saturated rings. The number of fused-ring (bicyclic) bond motifs is 1. The molecular weight excluding hydrogens is 260 g/mol. The third-order valence-corrected chi connectivity index (χ3v) is 4.10. The van der Waals surface area contributed by atoms with E-state index in [9.17, 15) is 0 Å². The molecule has 0 saturated carbocycles. The lowest BCUT2D eigenvalue weighted by atomic mass is 10.1. The molecule has 3 nitrogen and oxygen atoms in total. The largest absolute Gasteiger partial charge is 0.492 e. The van der Waals surface area contributed by atoms with Crippen LogP contribution in [0.15, 0.2) is 42.5 Å². The van der Waals surface area contributed by atoms with Crippen LogP contribution in [-0.2, 0) is 12.8 Å². The Balaban J connectivity index is 1.52. The van der Waals surface area contributed by atoms with Crippen molar-refractivity contribution in [3.8, 4) is 5.75 Å². The maximum Gasteiger partial charge on any atom is 0.119 e. The van der Waals surface area contributed by atoms with E-state index in [1.165, 1.54) is 30.4 Å². The molecule has 2 N–H and O–H groups in total. The van der Waals surface area contributed by atoms with Crippen LogP contribution in [0.1, 0.15) is 17.5 Å². The minimum atomic E-state index is 0.680. The van der Waals surface area contributed by atoms with Crippen molar-refractivity contribution in [3.05, 3.63) is 53.6 Å². The number of anilines is 2. The first-order valence-corrected chi connectivity index (χ1v) is 7.54. The second kappa shape index (κ2) is 6.08. The van der Waals surface area contributed by atoms with Gasteiger partial charge in [-0.05, 0) is 66.8 Å². The summed E-state index contributed by atoms with van der Waals surface area (Å²) in [6, 6.07) is 14.4. The summed E-state index contributed by atoms with van der Waals surface area (Å²) in [5.74, 6) is 0.987. The number of likely N-dealkylation sites (N-methyl/N-ethyl adjacent to an activating group) is 1. The predicted octanol–water partition coefficient (Wildman–Crippen LogP) is 3.27. The van der Waals surface area contributed by atoms with Crippen LogP contribution in [0.4, 0.5) is 11.4 Å². The van der Waals surface area contributed by atoms with E-state index in [1.54, 1.807) is 0 Å². The summed E-state index contributed by atoms with van der Waals surface area (Å²) in [5.41, 5.74) is 10.6. The fraction of sp³-hybridized carbons (Fsp3) is 0.333. The Morgan fingerprint density at radius 1 is 1.05 bits per heavy atom. The number of rotatable bonds is 5. The lowest BCUT2D eigenvalue weighted by Crippen LogP contribution is -2.23. The molecule has 0 aliphatic heterocycles. The van der Waals surface area contributed by atoms with Crippen molar-refractivity contribution in [1.29, 1.82) is 0 Å². The minimum absolute atomic E-state index is 0.680. The minimum Gasteiger partial charge on any atom is -0.492 e. The molecule has 0 bridgehead atoms. The van der Waals surface area contributed by atoms with Gasteiger partial charge in [0.05, 0.1) is 6.54 Å². The van der Waals surface area contributed by atoms with Gasteiger partial charge in [-0.2, -0.15) is 0 Å². The third-order valence-electron chi connectivity index (χ3n) is 4.10. The van der Waals surface area contributed by atoms with Crippen molar-refractivity contribution < 1.29 is 4.74 Å². The van der Waals surface area contributed by atoms with Crippen LogP contribution in [0.2, 0.25) is 0 Å². The highest BCUT2D eigenvalue weighted by atomic mass is 16.5. The van der Waals surface area contributed by atoms with Crippen molar-refractivity contribution in [2.24, 2.45) is 0 Å². The van der Waals surface area contributed by atoms with E-state index in [2.05, 4.69) is 30.1 Å². The Bertz CT molecular complexity index is 607. The average Bonchev–Trinajstić information content (AvgIpc) is 2.95. The molecule has 3 rings (SSSR count).